The lowest BCUT2D eigenvalue weighted by Gasteiger charge is -2.38. The molecule has 10 heteroatoms. The van der Waals surface area contributed by atoms with Crippen molar-refractivity contribution < 1.29 is 27.7 Å². The lowest BCUT2D eigenvalue weighted by Crippen LogP contribution is -2.37. The Balaban J connectivity index is 1.42. The van der Waals surface area contributed by atoms with Crippen molar-refractivity contribution >= 4 is 15.7 Å². The molecule has 3 rings (SSSR count). The summed E-state index contributed by atoms with van der Waals surface area (Å²) in [4.78, 5) is 2.07. The summed E-state index contributed by atoms with van der Waals surface area (Å²) in [6, 6.07) is 7.57. The predicted octanol–water partition coefficient (Wildman–Crippen LogP) is 9.35. The predicted molar refractivity (Wildman–Crippen MR) is 230 cm³/mol. The fourth-order valence-electron chi connectivity index (χ4n) is 7.69. The number of nitrogens with one attached hydrogen (secondary N) is 2. The van der Waals surface area contributed by atoms with Gasteiger partial charge >= 0.3 is 0 Å². The van der Waals surface area contributed by atoms with Crippen LogP contribution in [0.4, 0.5) is 5.69 Å². The van der Waals surface area contributed by atoms with E-state index in [9.17, 15) is 13.5 Å². The summed E-state index contributed by atoms with van der Waals surface area (Å²) in [5.41, 5.74) is 5.29. The Hall–Kier alpha value is -2.53. The van der Waals surface area contributed by atoms with Gasteiger partial charge in [0.15, 0.2) is 0 Å². The van der Waals surface area contributed by atoms with E-state index in [2.05, 4.69) is 49.6 Å². The number of hydrogen-bond donors (Lipinski definition) is 3. The molecule has 1 aliphatic rings. The van der Waals surface area contributed by atoms with Crippen molar-refractivity contribution in [2.45, 2.75) is 162 Å². The van der Waals surface area contributed by atoms with Gasteiger partial charge in [0.05, 0.1) is 5.75 Å². The summed E-state index contributed by atoms with van der Waals surface area (Å²) < 4.78 is 45.5. The zero-order chi connectivity index (χ0) is 40.1. The van der Waals surface area contributed by atoms with Gasteiger partial charge in [-0.1, -0.05) is 90.4 Å². The number of rotatable bonds is 30. The van der Waals surface area contributed by atoms with E-state index in [1.165, 1.54) is 103 Å². The third-order valence-electron chi connectivity index (χ3n) is 11.5. The van der Waals surface area contributed by atoms with E-state index in [0.717, 1.165) is 72.6 Å². The lowest BCUT2D eigenvalue weighted by atomic mass is 9.84. The Bertz CT molecular complexity index is 1480. The third-order valence-corrected chi connectivity index (χ3v) is 12.8. The maximum atomic E-state index is 12.0. The zero-order valence-corrected chi connectivity index (χ0v) is 36.5. The molecule has 0 saturated heterocycles. The van der Waals surface area contributed by atoms with Crippen LogP contribution in [-0.2, 0) is 16.4 Å². The number of ether oxygens (including phenoxy) is 3. The van der Waals surface area contributed by atoms with E-state index < -0.39 is 16.1 Å². The van der Waals surface area contributed by atoms with Gasteiger partial charge in [0.2, 0.25) is 10.0 Å². The average Bonchev–Trinajstić information content (AvgIpc) is 3.18. The van der Waals surface area contributed by atoms with Gasteiger partial charge in [-0.15, -0.1) is 0 Å². The van der Waals surface area contributed by atoms with Crippen LogP contribution in [0.15, 0.2) is 24.3 Å². The Kier molecular flexibility index (Phi) is 21.3. The minimum atomic E-state index is -3.31. The molecular formula is C45H77N3O6S. The van der Waals surface area contributed by atoms with Gasteiger partial charge in [-0.05, 0) is 121 Å². The standard InChI is InChI=1S/C45H77N3O6S/c1-8-9-10-11-12-13-14-15-16-17-18-19-20-21-28-45(5)29-27-42-38(4)43(36(2)37(3)44(42)54-45)53-35-40(49)34-52-41-25-23-39(24-26-41)48(31-22-30-46-6)32-33-55(50,51)47-7/h23-26,40,46-47,49H,8-22,27-35H2,1-7H3. The summed E-state index contributed by atoms with van der Waals surface area (Å²) in [5, 5.41) is 14.0. The molecule has 314 valence electrons. The van der Waals surface area contributed by atoms with Crippen LogP contribution in [0.1, 0.15) is 145 Å². The van der Waals surface area contributed by atoms with Crippen LogP contribution in [-0.4, -0.2) is 77.9 Å². The van der Waals surface area contributed by atoms with Gasteiger partial charge in [-0.25, -0.2) is 13.1 Å². The molecule has 9 nitrogen and oxygen atoms in total. The summed E-state index contributed by atoms with van der Waals surface area (Å²) >= 11 is 0. The van der Waals surface area contributed by atoms with Crippen molar-refractivity contribution in [2.24, 2.45) is 0 Å². The van der Waals surface area contributed by atoms with Crippen molar-refractivity contribution in [1.29, 1.82) is 0 Å². The van der Waals surface area contributed by atoms with Crippen LogP contribution < -0.4 is 29.1 Å². The first kappa shape index (κ1) is 46.8. The molecule has 2 aromatic rings. The molecule has 1 aliphatic heterocycles. The van der Waals surface area contributed by atoms with Crippen molar-refractivity contribution in [1.82, 2.24) is 10.0 Å². The van der Waals surface area contributed by atoms with E-state index in [1.807, 2.05) is 31.3 Å². The van der Waals surface area contributed by atoms with Gasteiger partial charge in [0.25, 0.3) is 0 Å². The largest absolute Gasteiger partial charge is 0.491 e. The first-order valence-corrected chi connectivity index (χ1v) is 23.2. The Labute approximate surface area is 335 Å². The summed E-state index contributed by atoms with van der Waals surface area (Å²) in [6.45, 7) is 13.1. The van der Waals surface area contributed by atoms with Gasteiger partial charge in [-0.3, -0.25) is 0 Å². The van der Waals surface area contributed by atoms with Crippen molar-refractivity contribution in [3.63, 3.8) is 0 Å². The highest BCUT2D eigenvalue weighted by Crippen LogP contribution is 2.45. The molecule has 0 saturated carbocycles. The smallest absolute Gasteiger partial charge is 0.213 e. The molecule has 0 bridgehead atoms. The van der Waals surface area contributed by atoms with Gasteiger partial charge in [0.1, 0.15) is 42.2 Å². The Morgan fingerprint density at radius 3 is 1.96 bits per heavy atom. The highest BCUT2D eigenvalue weighted by Gasteiger charge is 2.34. The van der Waals surface area contributed by atoms with Crippen LogP contribution >= 0.6 is 0 Å². The molecule has 1 heterocycles. The number of nitrogens with zero attached hydrogens (tertiary/aromatic N) is 1. The first-order chi connectivity index (χ1) is 26.4. The number of sulfonamides is 1. The number of anilines is 1. The minimum absolute atomic E-state index is 0.0160. The highest BCUT2D eigenvalue weighted by molar-refractivity contribution is 7.89. The second-order valence-corrected chi connectivity index (χ2v) is 18.2. The SMILES string of the molecule is CCCCCCCCCCCCCCCCC1(C)CCc2c(C)c(OCC(O)COc3ccc(N(CCCNC)CCS(=O)(=O)NC)cc3)c(C)c(C)c2O1. The van der Waals surface area contributed by atoms with E-state index in [0.29, 0.717) is 12.3 Å². The number of hydrogen-bond acceptors (Lipinski definition) is 8. The van der Waals surface area contributed by atoms with E-state index in [-0.39, 0.29) is 24.6 Å². The van der Waals surface area contributed by atoms with E-state index in [4.69, 9.17) is 14.2 Å². The van der Waals surface area contributed by atoms with Crippen molar-refractivity contribution in [3.8, 4) is 17.2 Å². The molecule has 0 radical (unpaired) electrons. The fraction of sp³-hybridized carbons (Fsp3) is 0.733. The summed E-state index contributed by atoms with van der Waals surface area (Å²) in [5.74, 6) is 2.50. The number of benzene rings is 2. The molecule has 2 unspecified atom stereocenters. The summed E-state index contributed by atoms with van der Waals surface area (Å²) in [7, 11) is 0.0322. The first-order valence-electron chi connectivity index (χ1n) is 21.6. The van der Waals surface area contributed by atoms with Crippen molar-refractivity contribution in [3.05, 3.63) is 46.5 Å². The lowest BCUT2D eigenvalue weighted by molar-refractivity contribution is 0.0510. The normalized spacial score (nSPS) is 16.1. The molecule has 3 N–H and O–H groups in total. The quantitative estimate of drug-likeness (QED) is 0.0673. The van der Waals surface area contributed by atoms with Crippen molar-refractivity contribution in [2.75, 3.05) is 57.6 Å². The molecule has 2 atom stereocenters. The average molecular weight is 788 g/mol. The van der Waals surface area contributed by atoms with Gasteiger partial charge in [-0.2, -0.15) is 0 Å². The molecule has 0 aliphatic carbocycles. The van der Waals surface area contributed by atoms with Crippen LogP contribution in [0.2, 0.25) is 0 Å². The maximum Gasteiger partial charge on any atom is 0.213 e. The molecule has 55 heavy (non-hydrogen) atoms. The zero-order valence-electron chi connectivity index (χ0n) is 35.7. The summed E-state index contributed by atoms with van der Waals surface area (Å²) in [6.07, 6.45) is 22.3. The molecular weight excluding hydrogens is 711 g/mol. The second-order valence-electron chi connectivity index (χ2n) is 16.1. The minimum Gasteiger partial charge on any atom is -0.491 e. The monoisotopic (exact) mass is 788 g/mol. The van der Waals surface area contributed by atoms with E-state index >= 15 is 0 Å². The molecule has 2 aromatic carbocycles. The number of unbranched alkanes of at least 4 members (excludes halogenated alkanes) is 13. The molecule has 0 fully saturated rings. The van der Waals surface area contributed by atoms with Gasteiger partial charge < -0.3 is 29.5 Å². The number of aliphatic hydroxyl groups excluding tert-OH is 1. The topological polar surface area (TPSA) is 109 Å². The van der Waals surface area contributed by atoms with Crippen LogP contribution in [0, 0.1) is 20.8 Å². The number of fused-ring (bicyclic) bond motifs is 1. The highest BCUT2D eigenvalue weighted by atomic mass is 32.2. The molecule has 0 spiro atoms. The van der Waals surface area contributed by atoms with E-state index in [1.54, 1.807) is 0 Å². The van der Waals surface area contributed by atoms with Crippen LogP contribution in [0.3, 0.4) is 0 Å². The second kappa shape index (κ2) is 25.0. The van der Waals surface area contributed by atoms with Crippen LogP contribution in [0.5, 0.6) is 17.2 Å². The Morgan fingerprint density at radius 1 is 0.800 bits per heavy atom. The fourth-order valence-corrected chi connectivity index (χ4v) is 8.35. The molecule has 0 amide bonds. The van der Waals surface area contributed by atoms with Crippen LogP contribution in [0.25, 0.3) is 0 Å². The Morgan fingerprint density at radius 2 is 1.38 bits per heavy atom. The third kappa shape index (κ3) is 16.5. The van der Waals surface area contributed by atoms with Gasteiger partial charge in [0, 0.05) is 24.3 Å². The number of aliphatic hydroxyl groups is 1. The molecule has 0 aromatic heterocycles. The maximum absolute atomic E-state index is 12.0.